The molecule has 3 heterocycles. The SMILES string of the molecule is C#Cc1cccc(-c2cccc(C3=NC(C)(C)C(C)(C)N3O)n2)n1. The summed E-state index contributed by atoms with van der Waals surface area (Å²) in [5.74, 6) is 2.98. The standard InChI is InChI=1S/C19H20N4O/c1-6-13-9-7-10-14(20-13)15-11-8-12-16(21-15)17-22-18(2,3)19(4,5)23(17)24/h1,7-12,24H,2-5H3. The molecule has 2 aromatic rings. The molecule has 0 saturated carbocycles. The molecule has 0 bridgehead atoms. The summed E-state index contributed by atoms with van der Waals surface area (Å²) in [6, 6.07) is 11.0. The number of terminal acetylenes is 1. The Morgan fingerprint density at radius 1 is 0.958 bits per heavy atom. The lowest BCUT2D eigenvalue weighted by Crippen LogP contribution is -2.51. The lowest BCUT2D eigenvalue weighted by Gasteiger charge is -2.36. The third-order valence-electron chi connectivity index (χ3n) is 4.75. The number of nitrogens with zero attached hydrogens (tertiary/aromatic N) is 4. The van der Waals surface area contributed by atoms with E-state index < -0.39 is 11.1 Å². The van der Waals surface area contributed by atoms with Gasteiger partial charge in [0.05, 0.1) is 22.5 Å². The summed E-state index contributed by atoms with van der Waals surface area (Å²) in [7, 11) is 0. The number of aromatic nitrogens is 2. The van der Waals surface area contributed by atoms with Gasteiger partial charge >= 0.3 is 0 Å². The Morgan fingerprint density at radius 3 is 2.12 bits per heavy atom. The second-order valence-corrected chi connectivity index (χ2v) is 6.83. The van der Waals surface area contributed by atoms with Gasteiger partial charge in [-0.1, -0.05) is 18.1 Å². The van der Waals surface area contributed by atoms with Crippen molar-refractivity contribution in [3.05, 3.63) is 47.8 Å². The van der Waals surface area contributed by atoms with Crippen molar-refractivity contribution in [2.24, 2.45) is 4.99 Å². The fourth-order valence-corrected chi connectivity index (χ4v) is 2.50. The number of rotatable bonds is 2. The van der Waals surface area contributed by atoms with Gasteiger partial charge in [-0.05, 0) is 52.0 Å². The lowest BCUT2D eigenvalue weighted by molar-refractivity contribution is -0.0993. The molecular weight excluding hydrogens is 300 g/mol. The highest BCUT2D eigenvalue weighted by atomic mass is 16.5. The highest BCUT2D eigenvalue weighted by molar-refractivity contribution is 5.99. The second-order valence-electron chi connectivity index (χ2n) is 6.83. The Hall–Kier alpha value is -2.71. The van der Waals surface area contributed by atoms with Crippen LogP contribution in [-0.2, 0) is 0 Å². The van der Waals surface area contributed by atoms with Crippen LogP contribution in [0.5, 0.6) is 0 Å². The summed E-state index contributed by atoms with van der Waals surface area (Å²) in [6.07, 6.45) is 5.41. The molecule has 0 unspecified atom stereocenters. The van der Waals surface area contributed by atoms with Gasteiger partial charge in [0, 0.05) is 0 Å². The Balaban J connectivity index is 2.05. The molecule has 122 valence electrons. The topological polar surface area (TPSA) is 61.6 Å². The van der Waals surface area contributed by atoms with E-state index in [1.165, 1.54) is 5.06 Å². The molecule has 2 aromatic heterocycles. The molecule has 3 rings (SSSR count). The van der Waals surface area contributed by atoms with E-state index >= 15 is 0 Å². The van der Waals surface area contributed by atoms with Gasteiger partial charge in [0.25, 0.3) is 0 Å². The van der Waals surface area contributed by atoms with E-state index in [0.717, 1.165) is 0 Å². The van der Waals surface area contributed by atoms with Crippen LogP contribution in [0.4, 0.5) is 0 Å². The van der Waals surface area contributed by atoms with E-state index in [0.29, 0.717) is 28.6 Å². The molecule has 0 atom stereocenters. The zero-order valence-electron chi connectivity index (χ0n) is 14.3. The van der Waals surface area contributed by atoms with Crippen LogP contribution >= 0.6 is 0 Å². The van der Waals surface area contributed by atoms with Crippen LogP contribution in [0.25, 0.3) is 11.4 Å². The predicted octanol–water partition coefficient (Wildman–Crippen LogP) is 3.13. The van der Waals surface area contributed by atoms with Gasteiger partial charge in [-0.25, -0.2) is 15.0 Å². The first-order chi connectivity index (χ1) is 11.3. The minimum Gasteiger partial charge on any atom is -0.286 e. The molecule has 1 aliphatic heterocycles. The molecule has 5 heteroatoms. The van der Waals surface area contributed by atoms with Crippen LogP contribution in [0.2, 0.25) is 0 Å². The monoisotopic (exact) mass is 320 g/mol. The van der Waals surface area contributed by atoms with Crippen molar-refractivity contribution in [1.82, 2.24) is 15.0 Å². The van der Waals surface area contributed by atoms with Gasteiger partial charge in [0.1, 0.15) is 11.4 Å². The van der Waals surface area contributed by atoms with Crippen LogP contribution in [0.3, 0.4) is 0 Å². The highest BCUT2D eigenvalue weighted by Gasteiger charge is 2.49. The van der Waals surface area contributed by atoms with Gasteiger partial charge in [-0.3, -0.25) is 10.2 Å². The Labute approximate surface area is 142 Å². The normalized spacial score (nSPS) is 18.2. The molecular formula is C19H20N4O. The summed E-state index contributed by atoms with van der Waals surface area (Å²) in [4.78, 5) is 13.7. The predicted molar refractivity (Wildman–Crippen MR) is 93.7 cm³/mol. The van der Waals surface area contributed by atoms with Crippen LogP contribution in [0.1, 0.15) is 39.1 Å². The van der Waals surface area contributed by atoms with Crippen molar-refractivity contribution in [3.63, 3.8) is 0 Å². The van der Waals surface area contributed by atoms with Gasteiger partial charge < -0.3 is 0 Å². The van der Waals surface area contributed by atoms with E-state index in [9.17, 15) is 5.21 Å². The van der Waals surface area contributed by atoms with Gasteiger partial charge in [0.2, 0.25) is 0 Å². The highest BCUT2D eigenvalue weighted by Crippen LogP contribution is 2.37. The summed E-state index contributed by atoms with van der Waals surface area (Å²) in [6.45, 7) is 7.88. The van der Waals surface area contributed by atoms with Crippen molar-refractivity contribution in [2.75, 3.05) is 0 Å². The van der Waals surface area contributed by atoms with Crippen molar-refractivity contribution in [2.45, 2.75) is 38.8 Å². The number of pyridine rings is 2. The van der Waals surface area contributed by atoms with Gasteiger partial charge in [-0.15, -0.1) is 6.42 Å². The Kier molecular flexibility index (Phi) is 3.66. The average molecular weight is 320 g/mol. The number of hydroxylamine groups is 2. The molecule has 0 saturated heterocycles. The van der Waals surface area contributed by atoms with Crippen molar-refractivity contribution >= 4 is 5.84 Å². The lowest BCUT2D eigenvalue weighted by atomic mass is 9.84. The quantitative estimate of drug-likeness (QED) is 0.864. The molecule has 24 heavy (non-hydrogen) atoms. The van der Waals surface area contributed by atoms with E-state index in [-0.39, 0.29) is 0 Å². The first-order valence-corrected chi connectivity index (χ1v) is 7.77. The molecule has 0 fully saturated rings. The first-order valence-electron chi connectivity index (χ1n) is 7.77. The van der Waals surface area contributed by atoms with Crippen molar-refractivity contribution in [3.8, 4) is 23.7 Å². The fourth-order valence-electron chi connectivity index (χ4n) is 2.50. The number of amidine groups is 1. The third-order valence-corrected chi connectivity index (χ3v) is 4.75. The minimum absolute atomic E-state index is 0.434. The maximum Gasteiger partial charge on any atom is 0.175 e. The number of hydrogen-bond acceptors (Lipinski definition) is 5. The van der Waals surface area contributed by atoms with E-state index in [1.807, 2.05) is 58.0 Å². The zero-order valence-corrected chi connectivity index (χ0v) is 14.3. The molecule has 5 nitrogen and oxygen atoms in total. The van der Waals surface area contributed by atoms with Gasteiger partial charge in [0.15, 0.2) is 5.84 Å². The van der Waals surface area contributed by atoms with Crippen LogP contribution < -0.4 is 0 Å². The van der Waals surface area contributed by atoms with Crippen LogP contribution in [-0.4, -0.2) is 37.2 Å². The van der Waals surface area contributed by atoms with Crippen molar-refractivity contribution < 1.29 is 5.21 Å². The maximum atomic E-state index is 10.6. The smallest absolute Gasteiger partial charge is 0.175 e. The Morgan fingerprint density at radius 2 is 1.54 bits per heavy atom. The zero-order chi connectivity index (χ0) is 17.5. The largest absolute Gasteiger partial charge is 0.286 e. The molecule has 0 aromatic carbocycles. The molecule has 0 amide bonds. The Bertz CT molecular complexity index is 862. The van der Waals surface area contributed by atoms with Gasteiger partial charge in [-0.2, -0.15) is 0 Å². The molecule has 0 spiro atoms. The molecule has 1 aliphatic rings. The third kappa shape index (κ3) is 2.45. The minimum atomic E-state index is -0.526. The van der Waals surface area contributed by atoms with Crippen LogP contribution in [0, 0.1) is 12.3 Å². The van der Waals surface area contributed by atoms with E-state index in [4.69, 9.17) is 6.42 Å². The molecule has 1 N–H and O–H groups in total. The number of aliphatic imine (C=N–C) groups is 1. The van der Waals surface area contributed by atoms with Crippen LogP contribution in [0.15, 0.2) is 41.4 Å². The number of hydrogen-bond donors (Lipinski definition) is 1. The van der Waals surface area contributed by atoms with Crippen molar-refractivity contribution in [1.29, 1.82) is 0 Å². The summed E-state index contributed by atoms with van der Waals surface area (Å²) < 4.78 is 0. The maximum absolute atomic E-state index is 10.6. The fraction of sp³-hybridized carbons (Fsp3) is 0.316. The molecule has 0 aliphatic carbocycles. The van der Waals surface area contributed by atoms with E-state index in [2.05, 4.69) is 20.9 Å². The van der Waals surface area contributed by atoms with E-state index in [1.54, 1.807) is 6.07 Å². The average Bonchev–Trinajstić information content (AvgIpc) is 2.74. The summed E-state index contributed by atoms with van der Waals surface area (Å²) >= 11 is 0. The summed E-state index contributed by atoms with van der Waals surface area (Å²) in [5, 5.41) is 11.8. The summed E-state index contributed by atoms with van der Waals surface area (Å²) in [5.41, 5.74) is 1.57. The second kappa shape index (κ2) is 5.43. The molecule has 0 radical (unpaired) electrons. The first kappa shape index (κ1) is 16.2.